The fraction of sp³-hybridized carbons (Fsp3) is 0.235. The van der Waals surface area contributed by atoms with E-state index in [0.29, 0.717) is 10.3 Å². The van der Waals surface area contributed by atoms with E-state index in [9.17, 15) is 27.2 Å². The van der Waals surface area contributed by atoms with Crippen molar-refractivity contribution in [1.29, 1.82) is 0 Å². The monoisotopic (exact) mass is 694 g/mol. The van der Waals surface area contributed by atoms with Gasteiger partial charge in [-0.25, -0.2) is 17.6 Å². The predicted octanol–water partition coefficient (Wildman–Crippen LogP) is 7.11. The molecule has 2 aromatic carbocycles. The number of carbonyl (C=O) groups is 2. The first kappa shape index (κ1) is 34.8. The standard InChI is InChI=1S/2C17H15F2N3OS/c2*1-10(13-4-3-12(18)9-14(13)19)21-16-22-15(23)17(2,24-16)11-5-7-20-8-6-11/h2*3-10H,1-2H3,(H,21,22,23)/t10-,17+;10-,17-/m00/s1. The van der Waals surface area contributed by atoms with Gasteiger partial charge in [0, 0.05) is 48.0 Å². The molecule has 4 atom stereocenters. The van der Waals surface area contributed by atoms with Crippen LogP contribution in [0.1, 0.15) is 62.0 Å². The molecule has 2 aliphatic heterocycles. The van der Waals surface area contributed by atoms with Crippen molar-refractivity contribution >= 4 is 45.7 Å². The second-order valence-corrected chi connectivity index (χ2v) is 14.0. The molecule has 6 rings (SSSR count). The highest BCUT2D eigenvalue weighted by molar-refractivity contribution is 8.16. The topological polar surface area (TPSA) is 109 Å². The zero-order valence-corrected chi connectivity index (χ0v) is 27.8. The van der Waals surface area contributed by atoms with Gasteiger partial charge in [-0.15, -0.1) is 0 Å². The molecular weight excluding hydrogens is 665 g/mol. The number of hydrogen-bond acceptors (Lipinski definition) is 8. The fourth-order valence-corrected chi connectivity index (χ4v) is 7.25. The Hall–Kier alpha value is -4.56. The third kappa shape index (κ3) is 7.44. The molecular formula is C34H30F4N6O2S2. The average molecular weight is 695 g/mol. The van der Waals surface area contributed by atoms with Crippen LogP contribution in [0.5, 0.6) is 0 Å². The van der Waals surface area contributed by atoms with Crippen LogP contribution in [0.2, 0.25) is 0 Å². The maximum absolute atomic E-state index is 13.9. The van der Waals surface area contributed by atoms with E-state index in [2.05, 4.69) is 30.6 Å². The third-order valence-electron chi connectivity index (χ3n) is 7.82. The van der Waals surface area contributed by atoms with E-state index < -0.39 is 44.8 Å². The molecule has 0 spiro atoms. The second-order valence-electron chi connectivity index (χ2n) is 11.2. The van der Waals surface area contributed by atoms with Crippen LogP contribution in [0.3, 0.4) is 0 Å². The zero-order chi connectivity index (χ0) is 34.6. The molecule has 8 nitrogen and oxygen atoms in total. The number of amides is 2. The Bertz CT molecular complexity index is 1760. The van der Waals surface area contributed by atoms with Gasteiger partial charge in [0.25, 0.3) is 0 Å². The summed E-state index contributed by atoms with van der Waals surface area (Å²) >= 11 is 2.54. The summed E-state index contributed by atoms with van der Waals surface area (Å²) in [6, 6.07) is 12.8. The zero-order valence-electron chi connectivity index (χ0n) is 26.2. The summed E-state index contributed by atoms with van der Waals surface area (Å²) in [4.78, 5) is 41.4. The van der Waals surface area contributed by atoms with Gasteiger partial charge in [0.2, 0.25) is 11.8 Å². The van der Waals surface area contributed by atoms with Gasteiger partial charge in [0.1, 0.15) is 32.8 Å². The molecule has 2 fully saturated rings. The van der Waals surface area contributed by atoms with Crippen molar-refractivity contribution in [3.63, 3.8) is 0 Å². The van der Waals surface area contributed by atoms with E-state index in [4.69, 9.17) is 0 Å². The van der Waals surface area contributed by atoms with Crippen LogP contribution in [0.25, 0.3) is 0 Å². The highest BCUT2D eigenvalue weighted by atomic mass is 32.2. The quantitative estimate of drug-likeness (QED) is 0.208. The van der Waals surface area contributed by atoms with Crippen LogP contribution in [0.15, 0.2) is 95.4 Å². The number of benzene rings is 2. The Kier molecular flexibility index (Phi) is 10.3. The molecule has 0 radical (unpaired) electrons. The molecule has 14 heteroatoms. The summed E-state index contributed by atoms with van der Waals surface area (Å²) in [5.74, 6) is -2.96. The number of rotatable bonds is 6. The molecule has 2 aromatic heterocycles. The molecule has 0 bridgehead atoms. The smallest absolute Gasteiger partial charge is 0.246 e. The lowest BCUT2D eigenvalue weighted by Crippen LogP contribution is -2.31. The van der Waals surface area contributed by atoms with Gasteiger partial charge in [0.05, 0.1) is 12.1 Å². The van der Waals surface area contributed by atoms with Crippen molar-refractivity contribution in [3.05, 3.63) is 131 Å². The van der Waals surface area contributed by atoms with Crippen LogP contribution >= 0.6 is 23.5 Å². The van der Waals surface area contributed by atoms with E-state index in [1.165, 1.54) is 47.8 Å². The normalized spacial score (nSPS) is 23.3. The molecule has 48 heavy (non-hydrogen) atoms. The highest BCUT2D eigenvalue weighted by Crippen LogP contribution is 2.42. The Morgan fingerprint density at radius 2 is 0.979 bits per heavy atom. The molecule has 0 aliphatic carbocycles. The number of nitrogens with zero attached hydrogens (tertiary/aromatic N) is 4. The second kappa shape index (κ2) is 14.3. The van der Waals surface area contributed by atoms with Gasteiger partial charge >= 0.3 is 0 Å². The van der Waals surface area contributed by atoms with Gasteiger partial charge < -0.3 is 10.6 Å². The first-order chi connectivity index (χ1) is 22.8. The van der Waals surface area contributed by atoms with Gasteiger partial charge in [-0.05, 0) is 75.2 Å². The van der Waals surface area contributed by atoms with Gasteiger partial charge in [-0.1, -0.05) is 35.7 Å². The summed E-state index contributed by atoms with van der Waals surface area (Å²) in [5.41, 5.74) is 2.17. The van der Waals surface area contributed by atoms with Crippen molar-refractivity contribution in [2.45, 2.75) is 49.3 Å². The SMILES string of the molecule is C[C@H](N=C1NC(=O)[C@@](C)(c2ccncc2)S1)c1ccc(F)cc1F.C[C@H](N=C1NC(=O)[C@](C)(c2ccncc2)S1)c1ccc(F)cc1F. The number of aliphatic imine (C=N–C) groups is 2. The van der Waals surface area contributed by atoms with Crippen molar-refractivity contribution in [2.24, 2.45) is 9.98 Å². The molecule has 0 saturated carbocycles. The number of thioether (sulfide) groups is 2. The van der Waals surface area contributed by atoms with Crippen LogP contribution in [-0.2, 0) is 19.1 Å². The lowest BCUT2D eigenvalue weighted by Gasteiger charge is -2.18. The van der Waals surface area contributed by atoms with Gasteiger partial charge in [-0.2, -0.15) is 0 Å². The maximum Gasteiger partial charge on any atom is 0.246 e. The highest BCUT2D eigenvalue weighted by Gasteiger charge is 2.45. The van der Waals surface area contributed by atoms with Crippen molar-refractivity contribution in [1.82, 2.24) is 20.6 Å². The molecule has 2 aliphatic rings. The minimum Gasteiger partial charge on any atom is -0.304 e. The molecule has 4 heterocycles. The molecule has 2 N–H and O–H groups in total. The van der Waals surface area contributed by atoms with Gasteiger partial charge in [-0.3, -0.25) is 29.5 Å². The van der Waals surface area contributed by atoms with Crippen molar-refractivity contribution < 1.29 is 27.2 Å². The molecule has 248 valence electrons. The van der Waals surface area contributed by atoms with Crippen LogP contribution in [-0.4, -0.2) is 32.1 Å². The molecule has 2 amide bonds. The predicted molar refractivity (Wildman–Crippen MR) is 179 cm³/mol. The Morgan fingerprint density at radius 3 is 1.31 bits per heavy atom. The summed E-state index contributed by atoms with van der Waals surface area (Å²) in [6.45, 7) is 6.98. The number of halogens is 4. The number of aromatic nitrogens is 2. The first-order valence-corrected chi connectivity index (χ1v) is 16.3. The van der Waals surface area contributed by atoms with Crippen LogP contribution < -0.4 is 10.6 Å². The minimum absolute atomic E-state index is 0.191. The minimum atomic E-state index is -0.817. The van der Waals surface area contributed by atoms with E-state index in [1.807, 2.05) is 0 Å². The molecule has 2 saturated heterocycles. The summed E-state index contributed by atoms with van der Waals surface area (Å²) in [6.07, 6.45) is 6.50. The van der Waals surface area contributed by atoms with Crippen LogP contribution in [0.4, 0.5) is 17.6 Å². The summed E-state index contributed by atoms with van der Waals surface area (Å²) in [5, 5.41) is 6.29. The van der Waals surface area contributed by atoms with Crippen molar-refractivity contribution in [2.75, 3.05) is 0 Å². The summed E-state index contributed by atoms with van der Waals surface area (Å²) in [7, 11) is 0. The largest absolute Gasteiger partial charge is 0.304 e. The van der Waals surface area contributed by atoms with E-state index in [1.54, 1.807) is 76.7 Å². The third-order valence-corrected chi connectivity index (χ3v) is 10.3. The lowest BCUT2D eigenvalue weighted by atomic mass is 10.0. The molecule has 0 unspecified atom stereocenters. The Morgan fingerprint density at radius 1 is 0.625 bits per heavy atom. The van der Waals surface area contributed by atoms with E-state index >= 15 is 0 Å². The van der Waals surface area contributed by atoms with E-state index in [0.717, 1.165) is 23.3 Å². The van der Waals surface area contributed by atoms with Crippen LogP contribution in [0, 0.1) is 23.3 Å². The number of pyridine rings is 2. The molecule has 4 aromatic rings. The maximum atomic E-state index is 13.9. The number of nitrogens with one attached hydrogen (secondary N) is 2. The number of amidine groups is 2. The van der Waals surface area contributed by atoms with Gasteiger partial charge in [0.15, 0.2) is 10.3 Å². The number of hydrogen-bond donors (Lipinski definition) is 2. The average Bonchev–Trinajstić information content (AvgIpc) is 3.51. The summed E-state index contributed by atoms with van der Waals surface area (Å²) < 4.78 is 52.1. The Labute approximate surface area is 283 Å². The first-order valence-electron chi connectivity index (χ1n) is 14.7. The van der Waals surface area contributed by atoms with E-state index in [-0.39, 0.29) is 22.9 Å². The Balaban J connectivity index is 0.000000188. The fourth-order valence-electron chi connectivity index (χ4n) is 4.97. The van der Waals surface area contributed by atoms with Crippen molar-refractivity contribution in [3.8, 4) is 0 Å². The lowest BCUT2D eigenvalue weighted by molar-refractivity contribution is -0.122. The number of carbonyl (C=O) groups excluding carboxylic acids is 2.